The molecule has 2 aromatic rings. The van der Waals surface area contributed by atoms with E-state index in [9.17, 15) is 9.59 Å². The van der Waals surface area contributed by atoms with Crippen LogP contribution in [0.25, 0.3) is 0 Å². The van der Waals surface area contributed by atoms with E-state index in [0.717, 1.165) is 30.8 Å². The molecule has 120 valence electrons. The number of amides is 1. The number of aryl methyl sites for hydroxylation is 1. The molecular weight excluding hydrogens is 296 g/mol. The number of likely N-dealkylation sites (tertiary alicyclic amines) is 1. The van der Waals surface area contributed by atoms with Crippen molar-refractivity contribution in [1.29, 1.82) is 0 Å². The van der Waals surface area contributed by atoms with Crippen LogP contribution in [0.2, 0.25) is 0 Å². The lowest BCUT2D eigenvalue weighted by molar-refractivity contribution is 0.0696. The van der Waals surface area contributed by atoms with Crippen molar-refractivity contribution in [2.45, 2.75) is 32.2 Å². The first-order valence-corrected chi connectivity index (χ1v) is 7.69. The first kappa shape index (κ1) is 15.3. The molecule has 2 aromatic heterocycles. The fourth-order valence-electron chi connectivity index (χ4n) is 2.90. The van der Waals surface area contributed by atoms with Crippen LogP contribution in [0, 0.1) is 0 Å². The van der Waals surface area contributed by atoms with Crippen molar-refractivity contribution in [3.05, 3.63) is 53.2 Å². The fourth-order valence-corrected chi connectivity index (χ4v) is 2.90. The zero-order valence-corrected chi connectivity index (χ0v) is 12.9. The molecule has 1 saturated heterocycles. The lowest BCUT2D eigenvalue weighted by Gasteiger charge is -2.22. The normalized spacial score (nSPS) is 17.4. The number of nitrogens with zero attached hydrogens (tertiary/aromatic N) is 2. The molecule has 6 heteroatoms. The van der Waals surface area contributed by atoms with Crippen LogP contribution >= 0.6 is 0 Å². The molecule has 0 saturated carbocycles. The van der Waals surface area contributed by atoms with E-state index < -0.39 is 5.97 Å². The second-order valence-electron chi connectivity index (χ2n) is 5.55. The second-order valence-corrected chi connectivity index (χ2v) is 5.55. The Labute approximate surface area is 133 Å². The number of hydrogen-bond acceptors (Lipinski definition) is 4. The molecule has 3 rings (SSSR count). The van der Waals surface area contributed by atoms with Crippen LogP contribution < -0.4 is 0 Å². The number of carboxylic acid groups (broad SMARTS) is 1. The Kier molecular flexibility index (Phi) is 4.14. The van der Waals surface area contributed by atoms with Gasteiger partial charge in [0.25, 0.3) is 5.91 Å². The fraction of sp³-hybridized carbons (Fsp3) is 0.353. The summed E-state index contributed by atoms with van der Waals surface area (Å²) in [7, 11) is 0. The molecule has 0 spiro atoms. The van der Waals surface area contributed by atoms with Crippen molar-refractivity contribution >= 4 is 11.9 Å². The average Bonchev–Trinajstić information content (AvgIpc) is 3.22. The number of aromatic nitrogens is 1. The largest absolute Gasteiger partial charge is 0.478 e. The van der Waals surface area contributed by atoms with E-state index in [1.165, 1.54) is 18.3 Å². The first-order chi connectivity index (χ1) is 11.1. The molecule has 6 nitrogen and oxygen atoms in total. The van der Waals surface area contributed by atoms with Gasteiger partial charge in [-0.15, -0.1) is 0 Å². The number of aromatic carboxylic acids is 1. The van der Waals surface area contributed by atoms with Crippen LogP contribution in [0.4, 0.5) is 0 Å². The van der Waals surface area contributed by atoms with E-state index in [1.54, 1.807) is 4.90 Å². The maximum atomic E-state index is 12.7. The van der Waals surface area contributed by atoms with Gasteiger partial charge in [0.2, 0.25) is 0 Å². The molecule has 1 aliphatic heterocycles. The van der Waals surface area contributed by atoms with Gasteiger partial charge in [-0.1, -0.05) is 6.92 Å². The zero-order chi connectivity index (χ0) is 16.4. The van der Waals surface area contributed by atoms with E-state index in [-0.39, 0.29) is 23.2 Å². The number of pyridine rings is 1. The molecule has 1 amide bonds. The van der Waals surface area contributed by atoms with E-state index in [1.807, 2.05) is 19.1 Å². The average molecular weight is 314 g/mol. The van der Waals surface area contributed by atoms with Crippen molar-refractivity contribution in [2.75, 3.05) is 6.54 Å². The summed E-state index contributed by atoms with van der Waals surface area (Å²) >= 11 is 0. The minimum absolute atomic E-state index is 0.0605. The second kappa shape index (κ2) is 6.24. The Balaban J connectivity index is 1.86. The number of carbonyl (C=O) groups excluding carboxylic acids is 1. The van der Waals surface area contributed by atoms with Crippen LogP contribution in [-0.4, -0.2) is 33.4 Å². The topological polar surface area (TPSA) is 83.6 Å². The molecular formula is C17H18N2O4. The summed E-state index contributed by atoms with van der Waals surface area (Å²) in [6, 6.07) is 6.42. The summed E-state index contributed by atoms with van der Waals surface area (Å²) in [4.78, 5) is 29.5. The van der Waals surface area contributed by atoms with Gasteiger partial charge in [-0.2, -0.15) is 0 Å². The third kappa shape index (κ3) is 2.97. The zero-order valence-electron chi connectivity index (χ0n) is 12.9. The third-order valence-corrected chi connectivity index (χ3v) is 4.10. The number of rotatable bonds is 4. The van der Waals surface area contributed by atoms with Crippen LogP contribution in [0.15, 0.2) is 34.9 Å². The Morgan fingerprint density at radius 1 is 1.39 bits per heavy atom. The molecule has 0 bridgehead atoms. The number of furan rings is 1. The molecule has 1 fully saturated rings. The highest BCUT2D eigenvalue weighted by atomic mass is 16.4. The predicted octanol–water partition coefficient (Wildman–Crippen LogP) is 2.91. The Morgan fingerprint density at radius 3 is 2.91 bits per heavy atom. The van der Waals surface area contributed by atoms with Gasteiger partial charge < -0.3 is 14.4 Å². The Morgan fingerprint density at radius 2 is 2.22 bits per heavy atom. The van der Waals surface area contributed by atoms with E-state index in [0.29, 0.717) is 6.54 Å². The molecule has 23 heavy (non-hydrogen) atoms. The van der Waals surface area contributed by atoms with Gasteiger partial charge in [0, 0.05) is 19.2 Å². The summed E-state index contributed by atoms with van der Waals surface area (Å²) < 4.78 is 5.79. The van der Waals surface area contributed by atoms with Crippen LogP contribution in [0.5, 0.6) is 0 Å². The monoisotopic (exact) mass is 314 g/mol. The van der Waals surface area contributed by atoms with Gasteiger partial charge in [-0.3, -0.25) is 9.78 Å². The minimum Gasteiger partial charge on any atom is -0.478 e. The highest BCUT2D eigenvalue weighted by Gasteiger charge is 2.33. The molecule has 0 aromatic carbocycles. The van der Waals surface area contributed by atoms with Gasteiger partial charge in [0.15, 0.2) is 0 Å². The predicted molar refractivity (Wildman–Crippen MR) is 82.3 cm³/mol. The van der Waals surface area contributed by atoms with Crippen molar-refractivity contribution < 1.29 is 19.1 Å². The molecule has 1 atom stereocenters. The molecule has 0 radical (unpaired) electrons. The van der Waals surface area contributed by atoms with Crippen molar-refractivity contribution in [3.63, 3.8) is 0 Å². The van der Waals surface area contributed by atoms with Crippen LogP contribution in [0.3, 0.4) is 0 Å². The van der Waals surface area contributed by atoms with Crippen LogP contribution in [-0.2, 0) is 6.42 Å². The SMILES string of the molecule is CCc1ccc(C2CCCN2C(=O)c2cc(C(=O)O)ccn2)o1. The summed E-state index contributed by atoms with van der Waals surface area (Å²) in [5, 5.41) is 9.05. The quantitative estimate of drug-likeness (QED) is 0.938. The highest BCUT2D eigenvalue weighted by Crippen LogP contribution is 2.34. The Bertz CT molecular complexity index is 738. The molecule has 0 aliphatic carbocycles. The van der Waals surface area contributed by atoms with Crippen LogP contribution in [0.1, 0.15) is 58.2 Å². The smallest absolute Gasteiger partial charge is 0.335 e. The lowest BCUT2D eigenvalue weighted by Crippen LogP contribution is -2.31. The van der Waals surface area contributed by atoms with Crippen molar-refractivity contribution in [2.24, 2.45) is 0 Å². The molecule has 1 unspecified atom stereocenters. The summed E-state index contributed by atoms with van der Waals surface area (Å²) in [5.74, 6) is 0.343. The summed E-state index contributed by atoms with van der Waals surface area (Å²) in [5.41, 5.74) is 0.212. The summed E-state index contributed by atoms with van der Waals surface area (Å²) in [6.45, 7) is 2.63. The summed E-state index contributed by atoms with van der Waals surface area (Å²) in [6.07, 6.45) is 3.88. The van der Waals surface area contributed by atoms with Gasteiger partial charge in [-0.05, 0) is 37.1 Å². The van der Waals surface area contributed by atoms with Gasteiger partial charge >= 0.3 is 5.97 Å². The first-order valence-electron chi connectivity index (χ1n) is 7.69. The van der Waals surface area contributed by atoms with E-state index in [2.05, 4.69) is 4.98 Å². The molecule has 1 aliphatic rings. The van der Waals surface area contributed by atoms with Crippen molar-refractivity contribution in [3.8, 4) is 0 Å². The lowest BCUT2D eigenvalue weighted by atomic mass is 10.1. The number of carboxylic acids is 1. The minimum atomic E-state index is -1.07. The van der Waals surface area contributed by atoms with Gasteiger partial charge in [0.1, 0.15) is 17.2 Å². The van der Waals surface area contributed by atoms with Crippen molar-refractivity contribution in [1.82, 2.24) is 9.88 Å². The Hall–Kier alpha value is -2.63. The maximum Gasteiger partial charge on any atom is 0.335 e. The highest BCUT2D eigenvalue weighted by molar-refractivity contribution is 5.96. The van der Waals surface area contributed by atoms with Gasteiger partial charge in [0.05, 0.1) is 11.6 Å². The van der Waals surface area contributed by atoms with Gasteiger partial charge in [-0.25, -0.2) is 4.79 Å². The number of carbonyl (C=O) groups is 2. The van der Waals surface area contributed by atoms with E-state index >= 15 is 0 Å². The molecule has 3 heterocycles. The standard InChI is InChI=1S/C17H18N2O4/c1-2-12-5-6-15(23-12)14-4-3-9-19(14)16(20)13-10-11(17(21)22)7-8-18-13/h5-8,10,14H,2-4,9H2,1H3,(H,21,22). The van der Waals surface area contributed by atoms with E-state index in [4.69, 9.17) is 9.52 Å². The third-order valence-electron chi connectivity index (χ3n) is 4.10. The molecule has 1 N–H and O–H groups in total. The maximum absolute atomic E-state index is 12.7. The number of hydrogen-bond donors (Lipinski definition) is 1.